The van der Waals surface area contributed by atoms with Crippen molar-refractivity contribution in [2.24, 2.45) is 5.41 Å². The summed E-state index contributed by atoms with van der Waals surface area (Å²) in [5.41, 5.74) is 7.00. The van der Waals surface area contributed by atoms with Gasteiger partial charge < -0.3 is 15.1 Å². The summed E-state index contributed by atoms with van der Waals surface area (Å²) in [7, 11) is 0. The van der Waals surface area contributed by atoms with Crippen LogP contribution in [-0.4, -0.2) is 17.5 Å². The molecular weight excluding hydrogens is 401 g/mol. The highest BCUT2D eigenvalue weighted by Crippen LogP contribution is 2.45. The van der Waals surface area contributed by atoms with Gasteiger partial charge in [0.15, 0.2) is 11.6 Å². The molecule has 1 aromatic carbocycles. The Morgan fingerprint density at radius 3 is 2.57 bits per heavy atom. The smallest absolute Gasteiger partial charge is 0.329 e. The zero-order valence-corrected chi connectivity index (χ0v) is 18.2. The number of hydrogen-bond donors (Lipinski definition) is 1. The van der Waals surface area contributed by atoms with Crippen LogP contribution in [0, 0.1) is 11.2 Å². The number of nitrogen functional groups attached to an aromatic ring is 1. The van der Waals surface area contributed by atoms with Crippen LogP contribution in [0.25, 0.3) is 0 Å². The van der Waals surface area contributed by atoms with E-state index in [0.717, 1.165) is 11.8 Å². The minimum atomic E-state index is -0.618. The Morgan fingerprint density at radius 1 is 1.29 bits per heavy atom. The third kappa shape index (κ3) is 3.82. The molecule has 1 aliphatic rings. The maximum atomic E-state index is 13.9. The van der Waals surface area contributed by atoms with Crippen molar-refractivity contribution in [1.82, 2.24) is 4.98 Å². The first-order valence-corrected chi connectivity index (χ1v) is 9.92. The molecule has 0 spiro atoms. The molecule has 1 aliphatic heterocycles. The second-order valence-electron chi connectivity index (χ2n) is 8.37. The first-order chi connectivity index (χ1) is 12.9. The van der Waals surface area contributed by atoms with Gasteiger partial charge in [-0.15, -0.1) is 0 Å². The largest absolute Gasteiger partial charge is 0.482 e. The average molecular weight is 425 g/mol. The molecule has 1 fully saturated rings. The Balaban J connectivity index is 1.89. The molecule has 2 heterocycles. The minimum Gasteiger partial charge on any atom is -0.482 e. The Labute approximate surface area is 175 Å². The molecular formula is C20H24BCl2FN2O2. The molecule has 0 radical (unpaired) electrons. The molecule has 0 bridgehead atoms. The maximum Gasteiger partial charge on any atom is 0.329 e. The molecule has 1 atom stereocenters. The van der Waals surface area contributed by atoms with Gasteiger partial charge in [-0.3, -0.25) is 0 Å². The van der Waals surface area contributed by atoms with Gasteiger partial charge in [0, 0.05) is 16.8 Å². The molecule has 28 heavy (non-hydrogen) atoms. The van der Waals surface area contributed by atoms with Crippen LogP contribution in [-0.2, 0) is 4.65 Å². The Hall–Kier alpha value is -1.50. The van der Waals surface area contributed by atoms with E-state index in [1.807, 2.05) is 6.07 Å². The van der Waals surface area contributed by atoms with E-state index in [9.17, 15) is 4.39 Å². The van der Waals surface area contributed by atoms with Gasteiger partial charge in [0.2, 0.25) is 0 Å². The van der Waals surface area contributed by atoms with Crippen molar-refractivity contribution in [3.63, 3.8) is 0 Å². The molecule has 1 unspecified atom stereocenters. The lowest BCUT2D eigenvalue weighted by Crippen LogP contribution is -2.36. The Morgan fingerprint density at radius 2 is 1.96 bits per heavy atom. The van der Waals surface area contributed by atoms with E-state index in [-0.39, 0.29) is 28.8 Å². The van der Waals surface area contributed by atoms with Gasteiger partial charge in [-0.1, -0.05) is 37.0 Å². The van der Waals surface area contributed by atoms with Gasteiger partial charge in [-0.2, -0.15) is 0 Å². The molecule has 4 nitrogen and oxygen atoms in total. The normalized spacial score (nSPS) is 18.9. The van der Waals surface area contributed by atoms with Crippen LogP contribution in [0.5, 0.6) is 5.75 Å². The summed E-state index contributed by atoms with van der Waals surface area (Å²) in [5.74, 6) is 0.0588. The third-order valence-corrected chi connectivity index (χ3v) is 6.54. The summed E-state index contributed by atoms with van der Waals surface area (Å²) >= 11 is 12.3. The van der Waals surface area contributed by atoms with E-state index in [4.69, 9.17) is 38.3 Å². The Kier molecular flexibility index (Phi) is 5.61. The topological polar surface area (TPSA) is 57.4 Å². The maximum absolute atomic E-state index is 13.9. The van der Waals surface area contributed by atoms with E-state index < -0.39 is 11.9 Å². The lowest BCUT2D eigenvalue weighted by molar-refractivity contribution is 0.0375. The molecule has 0 amide bonds. The SMILES string of the molecule is CC(Oc1cc(B2CC(C)(C)C(C)(C)O2)cnc1N)c1c(Cl)ccc(F)c1Cl. The van der Waals surface area contributed by atoms with Gasteiger partial charge in [0.1, 0.15) is 11.9 Å². The van der Waals surface area contributed by atoms with Gasteiger partial charge in [-0.05, 0) is 56.2 Å². The quantitative estimate of drug-likeness (QED) is 0.535. The van der Waals surface area contributed by atoms with E-state index in [1.165, 1.54) is 12.1 Å². The molecule has 0 saturated carbocycles. The predicted octanol–water partition coefficient (Wildman–Crippen LogP) is 5.28. The molecule has 1 saturated heterocycles. The molecule has 150 valence electrons. The monoisotopic (exact) mass is 424 g/mol. The van der Waals surface area contributed by atoms with E-state index in [1.54, 1.807) is 13.1 Å². The summed E-state index contributed by atoms with van der Waals surface area (Å²) < 4.78 is 26.1. The van der Waals surface area contributed by atoms with E-state index in [0.29, 0.717) is 16.3 Å². The Bertz CT molecular complexity index is 892. The second-order valence-corrected chi connectivity index (χ2v) is 9.16. The fourth-order valence-electron chi connectivity index (χ4n) is 3.36. The number of ether oxygens (including phenoxy) is 1. The minimum absolute atomic E-state index is 0.00990. The first-order valence-electron chi connectivity index (χ1n) is 9.16. The van der Waals surface area contributed by atoms with Crippen LogP contribution in [0.4, 0.5) is 10.2 Å². The molecule has 0 aliphatic carbocycles. The number of benzene rings is 1. The van der Waals surface area contributed by atoms with Crippen LogP contribution >= 0.6 is 23.2 Å². The first kappa shape index (κ1) is 21.2. The van der Waals surface area contributed by atoms with Gasteiger partial charge in [-0.25, -0.2) is 9.37 Å². The van der Waals surface area contributed by atoms with Crippen molar-refractivity contribution in [2.75, 3.05) is 5.73 Å². The van der Waals surface area contributed by atoms with Gasteiger partial charge >= 0.3 is 6.92 Å². The van der Waals surface area contributed by atoms with Crippen molar-refractivity contribution in [3.8, 4) is 5.75 Å². The van der Waals surface area contributed by atoms with Gasteiger partial charge in [0.25, 0.3) is 0 Å². The highest BCUT2D eigenvalue weighted by Gasteiger charge is 2.50. The number of aromatic nitrogens is 1. The highest BCUT2D eigenvalue weighted by atomic mass is 35.5. The molecule has 2 N–H and O–H groups in total. The summed E-state index contributed by atoms with van der Waals surface area (Å²) in [6.45, 7) is 10.2. The van der Waals surface area contributed by atoms with Crippen LogP contribution in [0.15, 0.2) is 24.4 Å². The number of rotatable bonds is 4. The number of halogens is 3. The standard InChI is InChI=1S/C20H24BCl2FN2O2/c1-11(16-13(22)6-7-14(24)17(16)23)27-15-8-12(9-26-18(15)25)21-10-19(2,3)20(4,5)28-21/h6-9,11H,10H2,1-5H3,(H2,25,26). The van der Waals surface area contributed by atoms with Crippen molar-refractivity contribution in [3.05, 3.63) is 45.8 Å². The second kappa shape index (κ2) is 7.40. The van der Waals surface area contributed by atoms with Gasteiger partial charge in [0.05, 0.1) is 10.6 Å². The van der Waals surface area contributed by atoms with Crippen LogP contribution in [0.2, 0.25) is 16.4 Å². The van der Waals surface area contributed by atoms with Crippen LogP contribution < -0.4 is 15.9 Å². The number of nitrogens with two attached hydrogens (primary N) is 1. The lowest BCUT2D eigenvalue weighted by atomic mass is 9.54. The molecule has 3 rings (SSSR count). The fraction of sp³-hybridized carbons (Fsp3) is 0.450. The average Bonchev–Trinajstić information content (AvgIpc) is 2.81. The summed E-state index contributed by atoms with van der Waals surface area (Å²) in [6, 6.07) is 4.49. The summed E-state index contributed by atoms with van der Waals surface area (Å²) in [4.78, 5) is 4.26. The third-order valence-electron chi connectivity index (χ3n) is 5.83. The molecule has 2 aromatic rings. The van der Waals surface area contributed by atoms with Crippen LogP contribution in [0.1, 0.15) is 46.3 Å². The van der Waals surface area contributed by atoms with E-state index >= 15 is 0 Å². The highest BCUT2D eigenvalue weighted by molar-refractivity contribution is 6.68. The predicted molar refractivity (Wildman–Crippen MR) is 113 cm³/mol. The number of anilines is 1. The molecule has 8 heteroatoms. The fourth-order valence-corrected chi connectivity index (χ4v) is 4.04. The van der Waals surface area contributed by atoms with Crippen molar-refractivity contribution in [2.45, 2.75) is 52.6 Å². The van der Waals surface area contributed by atoms with Crippen LogP contribution in [0.3, 0.4) is 0 Å². The number of pyridine rings is 1. The van der Waals surface area contributed by atoms with Crippen molar-refractivity contribution >= 4 is 41.4 Å². The summed E-state index contributed by atoms with van der Waals surface area (Å²) in [5, 5.41) is 0.259. The summed E-state index contributed by atoms with van der Waals surface area (Å²) in [6.07, 6.45) is 1.94. The zero-order valence-electron chi connectivity index (χ0n) is 16.6. The van der Waals surface area contributed by atoms with E-state index in [2.05, 4.69) is 32.7 Å². The van der Waals surface area contributed by atoms with Crippen molar-refractivity contribution < 1.29 is 13.8 Å². The van der Waals surface area contributed by atoms with Crippen molar-refractivity contribution in [1.29, 1.82) is 0 Å². The zero-order chi connectivity index (χ0) is 20.9. The number of hydrogen-bond acceptors (Lipinski definition) is 4. The number of nitrogens with zero attached hydrogens (tertiary/aromatic N) is 1. The molecule has 1 aromatic heterocycles. The lowest BCUT2D eigenvalue weighted by Gasteiger charge is -2.34.